The number of carbonyl (C=O) groups excluding carboxylic acids is 1. The van der Waals surface area contributed by atoms with Crippen molar-refractivity contribution in [1.82, 2.24) is 4.31 Å². The molecule has 0 spiro atoms. The minimum Gasteiger partial charge on any atom is -0.477 e. The maximum atomic E-state index is 13.0. The maximum Gasteiger partial charge on any atom is 0.310 e. The Bertz CT molecular complexity index is 1130. The Morgan fingerprint density at radius 3 is 2.44 bits per heavy atom. The third-order valence-corrected chi connectivity index (χ3v) is 7.75. The second-order valence-corrected chi connectivity index (χ2v) is 9.82. The summed E-state index contributed by atoms with van der Waals surface area (Å²) in [5, 5.41) is 13.9. The van der Waals surface area contributed by atoms with Gasteiger partial charge in [-0.05, 0) is 43.5 Å². The van der Waals surface area contributed by atoms with Crippen LogP contribution in [0.1, 0.15) is 33.1 Å². The Morgan fingerprint density at radius 2 is 1.79 bits per heavy atom. The molecule has 0 bridgehead atoms. The van der Waals surface area contributed by atoms with Crippen LogP contribution in [-0.4, -0.2) is 56.3 Å². The minimum absolute atomic E-state index is 0.0169. The van der Waals surface area contributed by atoms with Crippen LogP contribution < -0.4 is 15.0 Å². The van der Waals surface area contributed by atoms with Gasteiger partial charge in [0.2, 0.25) is 10.0 Å². The van der Waals surface area contributed by atoms with Crippen molar-refractivity contribution in [2.45, 2.75) is 38.0 Å². The van der Waals surface area contributed by atoms with Crippen molar-refractivity contribution < 1.29 is 22.9 Å². The highest BCUT2D eigenvalue weighted by molar-refractivity contribution is 7.89. The Balaban J connectivity index is 1.86. The lowest BCUT2D eigenvalue weighted by Crippen LogP contribution is -2.32. The second kappa shape index (κ2) is 11.3. The van der Waals surface area contributed by atoms with Crippen LogP contribution in [0.3, 0.4) is 0 Å². The number of sulfonamides is 1. The first-order valence-corrected chi connectivity index (χ1v) is 12.8. The predicted octanol–water partition coefficient (Wildman–Crippen LogP) is 3.63. The quantitative estimate of drug-likeness (QED) is 0.398. The van der Waals surface area contributed by atoms with Crippen LogP contribution in [0.4, 0.5) is 17.1 Å². The number of nitrogens with one attached hydrogen (secondary N) is 1. The van der Waals surface area contributed by atoms with Crippen molar-refractivity contribution in [2.75, 3.05) is 43.0 Å². The van der Waals surface area contributed by atoms with E-state index in [9.17, 15) is 23.3 Å². The Hall–Kier alpha value is -3.18. The lowest BCUT2D eigenvalue weighted by Gasteiger charge is -2.31. The molecule has 0 atom stereocenters. The highest BCUT2D eigenvalue weighted by atomic mass is 32.2. The fraction of sp³-hybridized carbons (Fsp3) is 0.435. The molecule has 0 saturated carbocycles. The molecule has 0 radical (unpaired) electrons. The summed E-state index contributed by atoms with van der Waals surface area (Å²) >= 11 is 0. The number of hydrogen-bond acceptors (Lipinski definition) is 7. The molecule has 34 heavy (non-hydrogen) atoms. The van der Waals surface area contributed by atoms with Crippen molar-refractivity contribution in [2.24, 2.45) is 0 Å². The molecule has 2 aromatic carbocycles. The lowest BCUT2D eigenvalue weighted by atomic mass is 10.1. The molecule has 1 aliphatic rings. The van der Waals surface area contributed by atoms with Gasteiger partial charge in [-0.25, -0.2) is 8.42 Å². The number of hydrogen-bond donors (Lipinski definition) is 1. The Labute approximate surface area is 199 Å². The molecule has 0 aliphatic carbocycles. The van der Waals surface area contributed by atoms with E-state index in [2.05, 4.69) is 10.2 Å². The van der Waals surface area contributed by atoms with E-state index in [1.807, 2.05) is 0 Å². The molecule has 11 heteroatoms. The molecule has 1 aliphatic heterocycles. The number of piperidine rings is 1. The zero-order valence-electron chi connectivity index (χ0n) is 19.4. The van der Waals surface area contributed by atoms with Gasteiger partial charge in [0.25, 0.3) is 5.91 Å². The van der Waals surface area contributed by atoms with Gasteiger partial charge in [0.05, 0.1) is 21.2 Å². The van der Waals surface area contributed by atoms with Crippen molar-refractivity contribution in [3.05, 3.63) is 52.6 Å². The van der Waals surface area contributed by atoms with E-state index >= 15 is 0 Å². The fourth-order valence-corrected chi connectivity index (χ4v) is 5.44. The van der Waals surface area contributed by atoms with E-state index in [-0.39, 0.29) is 16.3 Å². The average molecular weight is 491 g/mol. The van der Waals surface area contributed by atoms with Crippen LogP contribution >= 0.6 is 0 Å². The van der Waals surface area contributed by atoms with Crippen LogP contribution in [0.25, 0.3) is 0 Å². The Morgan fingerprint density at radius 1 is 1.12 bits per heavy atom. The molecule has 0 aromatic heterocycles. The summed E-state index contributed by atoms with van der Waals surface area (Å²) in [6.07, 6.45) is 3.14. The van der Waals surface area contributed by atoms with Crippen molar-refractivity contribution in [1.29, 1.82) is 0 Å². The van der Waals surface area contributed by atoms with Crippen LogP contribution in [0, 0.1) is 10.1 Å². The molecule has 1 amide bonds. The van der Waals surface area contributed by atoms with Gasteiger partial charge in [0, 0.05) is 32.2 Å². The fourth-order valence-electron chi connectivity index (χ4n) is 3.96. The number of benzene rings is 2. The molecule has 1 saturated heterocycles. The third kappa shape index (κ3) is 5.84. The van der Waals surface area contributed by atoms with Gasteiger partial charge in [-0.1, -0.05) is 26.0 Å². The van der Waals surface area contributed by atoms with E-state index in [1.54, 1.807) is 32.0 Å². The first kappa shape index (κ1) is 25.4. The minimum atomic E-state index is -3.72. The monoisotopic (exact) mass is 490 g/mol. The molecular weight excluding hydrogens is 460 g/mol. The van der Waals surface area contributed by atoms with E-state index in [1.165, 1.54) is 28.6 Å². The zero-order chi connectivity index (χ0) is 24.7. The summed E-state index contributed by atoms with van der Waals surface area (Å²) in [6, 6.07) is 10.6. The SMILES string of the molecule is CCN(CC)S(=O)(=O)c1ccc(N2CCCCC2)c(NC(=O)COc2ccccc2[N+](=O)[O-])c1. The Kier molecular flexibility index (Phi) is 8.46. The number of carbonyl (C=O) groups is 1. The molecule has 184 valence electrons. The van der Waals surface area contributed by atoms with Gasteiger partial charge in [-0.15, -0.1) is 0 Å². The number of amides is 1. The summed E-state index contributed by atoms with van der Waals surface area (Å²) in [7, 11) is -3.72. The normalized spacial score (nSPS) is 14.1. The number of ether oxygens (including phenoxy) is 1. The molecule has 2 aromatic rings. The van der Waals surface area contributed by atoms with E-state index < -0.39 is 27.5 Å². The van der Waals surface area contributed by atoms with E-state index in [0.717, 1.165) is 38.0 Å². The number of nitro groups is 1. The van der Waals surface area contributed by atoms with Crippen molar-refractivity contribution in [3.8, 4) is 5.75 Å². The lowest BCUT2D eigenvalue weighted by molar-refractivity contribution is -0.385. The molecule has 1 heterocycles. The molecule has 3 rings (SSSR count). The van der Waals surface area contributed by atoms with Crippen molar-refractivity contribution >= 4 is 33.0 Å². The van der Waals surface area contributed by atoms with Gasteiger partial charge in [0.1, 0.15) is 0 Å². The molecule has 1 N–H and O–H groups in total. The number of nitro benzene ring substituents is 1. The topological polar surface area (TPSA) is 122 Å². The summed E-state index contributed by atoms with van der Waals surface area (Å²) < 4.78 is 32.8. The number of rotatable bonds is 10. The van der Waals surface area contributed by atoms with Gasteiger partial charge in [-0.3, -0.25) is 14.9 Å². The standard InChI is InChI=1S/C23H30N4O6S/c1-3-26(4-2)34(31,32)18-12-13-20(25-14-8-5-9-15-25)19(16-18)24-23(28)17-33-22-11-7-6-10-21(22)27(29)30/h6-7,10-13,16H,3-5,8-9,14-15,17H2,1-2H3,(H,24,28). The van der Waals surface area contributed by atoms with Gasteiger partial charge in [-0.2, -0.15) is 4.31 Å². The van der Waals surface area contributed by atoms with Gasteiger partial charge in [0.15, 0.2) is 12.4 Å². The zero-order valence-corrected chi connectivity index (χ0v) is 20.2. The second-order valence-electron chi connectivity index (χ2n) is 7.88. The predicted molar refractivity (Wildman–Crippen MR) is 130 cm³/mol. The summed E-state index contributed by atoms with van der Waals surface area (Å²) in [5.74, 6) is -0.564. The molecule has 0 unspecified atom stereocenters. The largest absolute Gasteiger partial charge is 0.477 e. The van der Waals surface area contributed by atoms with Crippen LogP contribution in [-0.2, 0) is 14.8 Å². The molecular formula is C23H30N4O6S. The molecule has 10 nitrogen and oxygen atoms in total. The first-order valence-electron chi connectivity index (χ1n) is 11.3. The van der Waals surface area contributed by atoms with Gasteiger partial charge >= 0.3 is 5.69 Å². The number of anilines is 2. The van der Waals surface area contributed by atoms with E-state index in [0.29, 0.717) is 18.8 Å². The third-order valence-electron chi connectivity index (χ3n) is 5.70. The average Bonchev–Trinajstić information content (AvgIpc) is 2.84. The summed E-state index contributed by atoms with van der Waals surface area (Å²) in [6.45, 7) is 5.35. The van der Waals surface area contributed by atoms with E-state index in [4.69, 9.17) is 4.74 Å². The first-order chi connectivity index (χ1) is 16.3. The summed E-state index contributed by atoms with van der Waals surface area (Å²) in [5.41, 5.74) is 0.861. The number of nitrogens with zero attached hydrogens (tertiary/aromatic N) is 3. The highest BCUT2D eigenvalue weighted by Gasteiger charge is 2.25. The summed E-state index contributed by atoms with van der Waals surface area (Å²) in [4.78, 5) is 25.5. The maximum absolute atomic E-state index is 13.0. The highest BCUT2D eigenvalue weighted by Crippen LogP contribution is 2.32. The van der Waals surface area contributed by atoms with Gasteiger partial charge < -0.3 is 15.0 Å². The molecule has 1 fully saturated rings. The smallest absolute Gasteiger partial charge is 0.310 e. The van der Waals surface area contributed by atoms with Crippen LogP contribution in [0.15, 0.2) is 47.4 Å². The van der Waals surface area contributed by atoms with Crippen LogP contribution in [0.5, 0.6) is 5.75 Å². The van der Waals surface area contributed by atoms with Crippen LogP contribution in [0.2, 0.25) is 0 Å². The number of para-hydroxylation sites is 2. The van der Waals surface area contributed by atoms with Crippen molar-refractivity contribution in [3.63, 3.8) is 0 Å².